The zero-order chi connectivity index (χ0) is 17.6. The van der Waals surface area contributed by atoms with Gasteiger partial charge in [0, 0.05) is 16.8 Å². The zero-order valence-electron chi connectivity index (χ0n) is 14.7. The Morgan fingerprint density at radius 1 is 1.27 bits per heavy atom. The summed E-state index contributed by atoms with van der Waals surface area (Å²) >= 11 is 3.15. The van der Waals surface area contributed by atoms with Gasteiger partial charge in [0.1, 0.15) is 5.82 Å². The van der Waals surface area contributed by atoms with Crippen molar-refractivity contribution in [2.75, 3.05) is 5.75 Å². The van der Waals surface area contributed by atoms with E-state index < -0.39 is 0 Å². The summed E-state index contributed by atoms with van der Waals surface area (Å²) in [5.41, 5.74) is 0.0930. The second kappa shape index (κ2) is 6.68. The molecule has 138 valence electrons. The Balaban J connectivity index is 1.15. The summed E-state index contributed by atoms with van der Waals surface area (Å²) in [5.74, 6) is 3.95. The SMILES string of the molecule is O=C(CSc1n[nH]c(Cc2cccs2)n1)NC12CC3CC(CC(C3)C1)C2. The molecule has 0 aromatic carbocycles. The maximum absolute atomic E-state index is 12.6. The van der Waals surface area contributed by atoms with E-state index >= 15 is 0 Å². The lowest BCUT2D eigenvalue weighted by atomic mass is 9.53. The minimum absolute atomic E-state index is 0.0930. The quantitative estimate of drug-likeness (QED) is 0.741. The first-order valence-electron chi connectivity index (χ1n) is 9.53. The van der Waals surface area contributed by atoms with Gasteiger partial charge in [0.25, 0.3) is 0 Å². The number of thioether (sulfide) groups is 1. The van der Waals surface area contributed by atoms with Crippen LogP contribution in [-0.4, -0.2) is 32.4 Å². The monoisotopic (exact) mass is 388 g/mol. The number of hydrogen-bond donors (Lipinski definition) is 2. The Kier molecular flexibility index (Phi) is 4.32. The molecule has 0 aliphatic heterocycles. The van der Waals surface area contributed by atoms with Gasteiger partial charge in [-0.15, -0.1) is 16.4 Å². The van der Waals surface area contributed by atoms with Gasteiger partial charge in [-0.25, -0.2) is 4.98 Å². The number of nitrogens with zero attached hydrogens (tertiary/aromatic N) is 2. The van der Waals surface area contributed by atoms with Crippen LogP contribution < -0.4 is 5.32 Å². The molecule has 4 aliphatic carbocycles. The van der Waals surface area contributed by atoms with E-state index in [4.69, 9.17) is 0 Å². The van der Waals surface area contributed by atoms with Crippen molar-refractivity contribution in [3.63, 3.8) is 0 Å². The molecule has 6 rings (SSSR count). The van der Waals surface area contributed by atoms with E-state index in [0.29, 0.717) is 10.9 Å². The molecule has 2 aromatic rings. The molecule has 0 saturated heterocycles. The van der Waals surface area contributed by atoms with E-state index in [9.17, 15) is 4.79 Å². The van der Waals surface area contributed by atoms with Gasteiger partial charge in [-0.05, 0) is 67.7 Å². The third kappa shape index (κ3) is 3.43. The van der Waals surface area contributed by atoms with Crippen molar-refractivity contribution in [1.29, 1.82) is 0 Å². The zero-order valence-corrected chi connectivity index (χ0v) is 16.4. The fourth-order valence-corrected chi connectivity index (χ4v) is 7.05. The molecule has 0 unspecified atom stereocenters. The maximum Gasteiger partial charge on any atom is 0.230 e. The molecular formula is C19H24N4OS2. The van der Waals surface area contributed by atoms with Crippen molar-refractivity contribution in [1.82, 2.24) is 20.5 Å². The lowest BCUT2D eigenvalue weighted by Crippen LogP contribution is -2.60. The molecule has 1 amide bonds. The summed E-state index contributed by atoms with van der Waals surface area (Å²) in [5, 5.41) is 13.4. The molecule has 5 nitrogen and oxygen atoms in total. The largest absolute Gasteiger partial charge is 0.350 e. The highest BCUT2D eigenvalue weighted by molar-refractivity contribution is 7.99. The number of H-pyrrole nitrogens is 1. The Labute approximate surface area is 161 Å². The predicted octanol–water partition coefficient (Wildman–Crippen LogP) is 3.63. The standard InChI is InChI=1S/C19H24N4OS2/c24-17(21-19-8-12-4-13(9-19)6-14(5-12)10-19)11-26-18-20-16(22-23-18)7-15-2-1-3-25-15/h1-3,12-14H,4-11H2,(H,21,24)(H,20,22,23). The Bertz CT molecular complexity index is 750. The first-order valence-corrected chi connectivity index (χ1v) is 11.4. The van der Waals surface area contributed by atoms with Crippen LogP contribution in [-0.2, 0) is 11.2 Å². The minimum Gasteiger partial charge on any atom is -0.350 e. The molecule has 0 spiro atoms. The molecule has 4 bridgehead atoms. The molecule has 0 atom stereocenters. The number of thiophene rings is 1. The fraction of sp³-hybridized carbons (Fsp3) is 0.632. The number of carbonyl (C=O) groups excluding carboxylic acids is 1. The molecule has 2 heterocycles. The molecule has 2 aromatic heterocycles. The van der Waals surface area contributed by atoms with Crippen LogP contribution in [0.1, 0.15) is 49.2 Å². The van der Waals surface area contributed by atoms with Gasteiger partial charge in [0.2, 0.25) is 11.1 Å². The molecule has 4 saturated carbocycles. The van der Waals surface area contributed by atoms with Crippen LogP contribution in [0, 0.1) is 17.8 Å². The van der Waals surface area contributed by atoms with Gasteiger partial charge >= 0.3 is 0 Å². The predicted molar refractivity (Wildman–Crippen MR) is 103 cm³/mol. The van der Waals surface area contributed by atoms with Crippen molar-refractivity contribution in [2.24, 2.45) is 17.8 Å². The second-order valence-electron chi connectivity index (χ2n) is 8.36. The van der Waals surface area contributed by atoms with E-state index in [-0.39, 0.29) is 11.4 Å². The summed E-state index contributed by atoms with van der Waals surface area (Å²) in [6.45, 7) is 0. The summed E-state index contributed by atoms with van der Waals surface area (Å²) in [6.07, 6.45) is 8.55. The minimum atomic E-state index is 0.0930. The maximum atomic E-state index is 12.6. The summed E-state index contributed by atoms with van der Waals surface area (Å²) in [6, 6.07) is 4.14. The smallest absolute Gasteiger partial charge is 0.230 e. The van der Waals surface area contributed by atoms with Crippen LogP contribution >= 0.6 is 23.1 Å². The number of carbonyl (C=O) groups is 1. The highest BCUT2D eigenvalue weighted by atomic mass is 32.2. The third-order valence-electron chi connectivity index (χ3n) is 6.21. The summed E-state index contributed by atoms with van der Waals surface area (Å²) in [7, 11) is 0. The summed E-state index contributed by atoms with van der Waals surface area (Å²) < 4.78 is 0. The van der Waals surface area contributed by atoms with Crippen molar-refractivity contribution in [3.05, 3.63) is 28.2 Å². The number of hydrogen-bond acceptors (Lipinski definition) is 5. The second-order valence-corrected chi connectivity index (χ2v) is 10.3. The number of amides is 1. The fourth-order valence-electron chi connectivity index (χ4n) is 5.73. The van der Waals surface area contributed by atoms with E-state index in [1.54, 1.807) is 11.3 Å². The molecular weight excluding hydrogens is 364 g/mol. The molecule has 7 heteroatoms. The van der Waals surface area contributed by atoms with Gasteiger partial charge in [-0.1, -0.05) is 17.8 Å². The number of aromatic amines is 1. The Hall–Kier alpha value is -1.34. The van der Waals surface area contributed by atoms with E-state index in [2.05, 4.69) is 31.9 Å². The van der Waals surface area contributed by atoms with E-state index in [0.717, 1.165) is 30.0 Å². The summed E-state index contributed by atoms with van der Waals surface area (Å²) in [4.78, 5) is 18.3. The van der Waals surface area contributed by atoms with Crippen LogP contribution in [0.3, 0.4) is 0 Å². The van der Waals surface area contributed by atoms with Crippen LogP contribution in [0.15, 0.2) is 22.7 Å². The highest BCUT2D eigenvalue weighted by Gasteiger charge is 2.51. The molecule has 4 aliphatic rings. The third-order valence-corrected chi connectivity index (χ3v) is 7.93. The number of nitrogens with one attached hydrogen (secondary N) is 2. The average Bonchev–Trinajstić information content (AvgIpc) is 3.23. The van der Waals surface area contributed by atoms with Gasteiger partial charge in [-0.3, -0.25) is 9.89 Å². The van der Waals surface area contributed by atoms with Crippen LogP contribution in [0.4, 0.5) is 0 Å². The molecule has 0 radical (unpaired) electrons. The topological polar surface area (TPSA) is 70.7 Å². The van der Waals surface area contributed by atoms with E-state index in [1.807, 2.05) is 6.07 Å². The average molecular weight is 389 g/mol. The highest BCUT2D eigenvalue weighted by Crippen LogP contribution is 2.55. The van der Waals surface area contributed by atoms with Crippen molar-refractivity contribution < 1.29 is 4.79 Å². The molecule has 26 heavy (non-hydrogen) atoms. The van der Waals surface area contributed by atoms with Crippen LogP contribution in [0.25, 0.3) is 0 Å². The lowest BCUT2D eigenvalue weighted by Gasteiger charge is -2.56. The van der Waals surface area contributed by atoms with Crippen LogP contribution in [0.2, 0.25) is 0 Å². The number of rotatable bonds is 6. The van der Waals surface area contributed by atoms with Gasteiger partial charge in [0.05, 0.1) is 5.75 Å². The molecule has 2 N–H and O–H groups in total. The van der Waals surface area contributed by atoms with Crippen molar-refractivity contribution in [2.45, 2.75) is 55.6 Å². The molecule has 4 fully saturated rings. The van der Waals surface area contributed by atoms with Gasteiger partial charge in [0.15, 0.2) is 0 Å². The number of aromatic nitrogens is 3. The lowest BCUT2D eigenvalue weighted by molar-refractivity contribution is -0.124. The van der Waals surface area contributed by atoms with Crippen LogP contribution in [0.5, 0.6) is 0 Å². The normalized spacial score (nSPS) is 32.1. The van der Waals surface area contributed by atoms with Gasteiger partial charge in [-0.2, -0.15) is 0 Å². The first-order chi connectivity index (χ1) is 12.7. The van der Waals surface area contributed by atoms with Crippen molar-refractivity contribution in [3.8, 4) is 0 Å². The Morgan fingerprint density at radius 2 is 2.00 bits per heavy atom. The Morgan fingerprint density at radius 3 is 2.65 bits per heavy atom. The van der Waals surface area contributed by atoms with Gasteiger partial charge < -0.3 is 5.32 Å². The first kappa shape index (κ1) is 16.8. The van der Waals surface area contributed by atoms with E-state index in [1.165, 1.54) is 55.2 Å². The van der Waals surface area contributed by atoms with Crippen molar-refractivity contribution >= 4 is 29.0 Å².